The summed E-state index contributed by atoms with van der Waals surface area (Å²) in [6, 6.07) is 5.04. The molecule has 1 aromatic carbocycles. The molecular weight excluding hydrogens is 355 g/mol. The van der Waals surface area contributed by atoms with E-state index >= 15 is 0 Å². The molecule has 0 radical (unpaired) electrons. The van der Waals surface area contributed by atoms with Crippen molar-refractivity contribution in [2.45, 2.75) is 48.9 Å². The number of hydrogen-bond acceptors (Lipinski definition) is 5. The van der Waals surface area contributed by atoms with Crippen LogP contribution in [0.15, 0.2) is 29.4 Å². The number of hydrogen-bond donors (Lipinski definition) is 1. The third-order valence-corrected chi connectivity index (χ3v) is 4.80. The highest BCUT2D eigenvalue weighted by atomic mass is 32.2. The van der Waals surface area contributed by atoms with E-state index in [9.17, 15) is 18.0 Å². The molecular formula is C15H16F3N5OS. The summed E-state index contributed by atoms with van der Waals surface area (Å²) in [5, 5.41) is 14.4. The molecule has 25 heavy (non-hydrogen) atoms. The Morgan fingerprint density at radius 2 is 2.04 bits per heavy atom. The summed E-state index contributed by atoms with van der Waals surface area (Å²) < 4.78 is 39.3. The molecule has 2 aromatic rings. The zero-order valence-corrected chi connectivity index (χ0v) is 14.1. The first-order valence-electron chi connectivity index (χ1n) is 7.73. The van der Waals surface area contributed by atoms with Gasteiger partial charge in [0, 0.05) is 6.54 Å². The number of nitrogens with one attached hydrogen (secondary N) is 1. The summed E-state index contributed by atoms with van der Waals surface area (Å²) in [5.74, 6) is -0.227. The van der Waals surface area contributed by atoms with Gasteiger partial charge in [0.2, 0.25) is 11.1 Å². The second-order valence-electron chi connectivity index (χ2n) is 5.81. The summed E-state index contributed by atoms with van der Waals surface area (Å²) in [5.41, 5.74) is -0.111. The van der Waals surface area contributed by atoms with Crippen molar-refractivity contribution in [3.63, 3.8) is 0 Å². The molecule has 134 valence electrons. The van der Waals surface area contributed by atoms with Gasteiger partial charge in [-0.2, -0.15) is 13.2 Å². The Hall–Kier alpha value is -2.10. The number of carbonyl (C=O) groups is 1. The van der Waals surface area contributed by atoms with Crippen LogP contribution in [-0.4, -0.2) is 31.4 Å². The number of carbonyl (C=O) groups excluding carboxylic acids is 1. The molecule has 1 fully saturated rings. The molecule has 3 rings (SSSR count). The van der Waals surface area contributed by atoms with Crippen LogP contribution < -0.4 is 5.32 Å². The van der Waals surface area contributed by atoms with E-state index in [4.69, 9.17) is 0 Å². The molecule has 1 atom stereocenters. The minimum atomic E-state index is -4.36. The topological polar surface area (TPSA) is 72.7 Å². The second-order valence-corrected chi connectivity index (χ2v) is 7.12. The van der Waals surface area contributed by atoms with Crippen LogP contribution in [0.5, 0.6) is 0 Å². The van der Waals surface area contributed by atoms with E-state index < -0.39 is 17.0 Å². The van der Waals surface area contributed by atoms with Gasteiger partial charge in [-0.1, -0.05) is 23.9 Å². The normalized spacial score (nSPS) is 15.8. The fraction of sp³-hybridized carbons (Fsp3) is 0.467. The molecule has 1 saturated carbocycles. The first-order valence-corrected chi connectivity index (χ1v) is 8.61. The Morgan fingerprint density at radius 3 is 2.64 bits per heavy atom. The molecule has 1 amide bonds. The Kier molecular flexibility index (Phi) is 4.98. The largest absolute Gasteiger partial charge is 0.416 e. The van der Waals surface area contributed by atoms with Crippen molar-refractivity contribution in [3.05, 3.63) is 35.4 Å². The van der Waals surface area contributed by atoms with Gasteiger partial charge in [0.25, 0.3) is 0 Å². The van der Waals surface area contributed by atoms with E-state index in [0.29, 0.717) is 16.8 Å². The highest BCUT2D eigenvalue weighted by molar-refractivity contribution is 8.00. The van der Waals surface area contributed by atoms with Crippen LogP contribution in [0, 0.1) is 0 Å². The highest BCUT2D eigenvalue weighted by Crippen LogP contribution is 2.37. The highest BCUT2D eigenvalue weighted by Gasteiger charge is 2.30. The van der Waals surface area contributed by atoms with E-state index in [1.807, 2.05) is 0 Å². The van der Waals surface area contributed by atoms with Crippen LogP contribution in [0.25, 0.3) is 0 Å². The number of alkyl halides is 3. The second kappa shape index (κ2) is 7.03. The van der Waals surface area contributed by atoms with Crippen molar-refractivity contribution in [1.29, 1.82) is 0 Å². The SMILES string of the molecule is CC(Sc1nnnn1C1CC1)C(=O)NCc1ccc(C(F)(F)F)cc1. The van der Waals surface area contributed by atoms with E-state index in [1.165, 1.54) is 23.9 Å². The first kappa shape index (κ1) is 17.7. The molecule has 1 aliphatic rings. The number of halogens is 3. The third-order valence-electron chi connectivity index (χ3n) is 3.75. The number of tetrazole rings is 1. The predicted octanol–water partition coefficient (Wildman–Crippen LogP) is 2.82. The lowest BCUT2D eigenvalue weighted by Crippen LogP contribution is -2.30. The lowest BCUT2D eigenvalue weighted by molar-refractivity contribution is -0.137. The number of thioether (sulfide) groups is 1. The van der Waals surface area contributed by atoms with Crippen molar-refractivity contribution in [1.82, 2.24) is 25.5 Å². The molecule has 0 aliphatic heterocycles. The average Bonchev–Trinajstić information content (AvgIpc) is 3.31. The number of aromatic nitrogens is 4. The standard InChI is InChI=1S/C15H16F3N5OS/c1-9(25-14-20-21-22-23(14)12-6-7-12)13(24)19-8-10-2-4-11(5-3-10)15(16,17)18/h2-5,9,12H,6-8H2,1H3,(H,19,24). The van der Waals surface area contributed by atoms with Crippen LogP contribution >= 0.6 is 11.8 Å². The van der Waals surface area contributed by atoms with E-state index in [1.54, 1.807) is 11.6 Å². The van der Waals surface area contributed by atoms with Gasteiger partial charge >= 0.3 is 6.18 Å². The fourth-order valence-electron chi connectivity index (χ4n) is 2.17. The maximum Gasteiger partial charge on any atom is 0.416 e. The molecule has 6 nitrogen and oxygen atoms in total. The zero-order valence-electron chi connectivity index (χ0n) is 13.3. The lowest BCUT2D eigenvalue weighted by atomic mass is 10.1. The maximum atomic E-state index is 12.5. The number of nitrogens with zero attached hydrogens (tertiary/aromatic N) is 4. The van der Waals surface area contributed by atoms with Crippen LogP contribution in [0.3, 0.4) is 0 Å². The summed E-state index contributed by atoms with van der Waals surface area (Å²) >= 11 is 1.26. The molecule has 0 saturated heterocycles. The zero-order chi connectivity index (χ0) is 18.0. The van der Waals surface area contributed by atoms with Crippen LogP contribution in [-0.2, 0) is 17.5 Å². The molecule has 1 N–H and O–H groups in total. The molecule has 0 bridgehead atoms. The first-order chi connectivity index (χ1) is 11.8. The summed E-state index contributed by atoms with van der Waals surface area (Å²) in [6.45, 7) is 1.90. The number of rotatable bonds is 6. The molecule has 0 spiro atoms. The average molecular weight is 371 g/mol. The molecule has 10 heteroatoms. The molecule has 1 aromatic heterocycles. The van der Waals surface area contributed by atoms with Gasteiger partial charge in [-0.25, -0.2) is 4.68 Å². The summed E-state index contributed by atoms with van der Waals surface area (Å²) in [7, 11) is 0. The molecule has 1 heterocycles. The number of amides is 1. The van der Waals surface area contributed by atoms with Crippen molar-refractivity contribution >= 4 is 17.7 Å². The van der Waals surface area contributed by atoms with Crippen molar-refractivity contribution < 1.29 is 18.0 Å². The summed E-state index contributed by atoms with van der Waals surface area (Å²) in [4.78, 5) is 12.2. The van der Waals surface area contributed by atoms with E-state index in [2.05, 4.69) is 20.8 Å². The maximum absolute atomic E-state index is 12.5. The third kappa shape index (κ3) is 4.50. The van der Waals surface area contributed by atoms with Crippen molar-refractivity contribution in [2.24, 2.45) is 0 Å². The lowest BCUT2D eigenvalue weighted by Gasteiger charge is -2.12. The van der Waals surface area contributed by atoms with Gasteiger partial charge in [0.1, 0.15) is 0 Å². The van der Waals surface area contributed by atoms with E-state index in [0.717, 1.165) is 25.0 Å². The molecule has 1 unspecified atom stereocenters. The Morgan fingerprint density at radius 1 is 1.36 bits per heavy atom. The van der Waals surface area contributed by atoms with Crippen LogP contribution in [0.1, 0.15) is 36.9 Å². The minimum absolute atomic E-state index is 0.162. The van der Waals surface area contributed by atoms with Gasteiger partial charge in [0.05, 0.1) is 16.9 Å². The smallest absolute Gasteiger partial charge is 0.351 e. The summed E-state index contributed by atoms with van der Waals surface area (Å²) in [6.07, 6.45) is -2.29. The van der Waals surface area contributed by atoms with Gasteiger partial charge in [-0.3, -0.25) is 4.79 Å². The van der Waals surface area contributed by atoms with Crippen molar-refractivity contribution in [2.75, 3.05) is 0 Å². The van der Waals surface area contributed by atoms with E-state index in [-0.39, 0.29) is 12.5 Å². The Balaban J connectivity index is 1.52. The Labute approximate surface area is 146 Å². The van der Waals surface area contributed by atoms with Crippen molar-refractivity contribution in [3.8, 4) is 0 Å². The quantitative estimate of drug-likeness (QED) is 0.791. The van der Waals surface area contributed by atoms with Gasteiger partial charge in [-0.15, -0.1) is 5.10 Å². The van der Waals surface area contributed by atoms with Crippen LogP contribution in [0.4, 0.5) is 13.2 Å². The fourth-order valence-corrected chi connectivity index (χ4v) is 3.05. The minimum Gasteiger partial charge on any atom is -0.351 e. The molecule has 1 aliphatic carbocycles. The van der Waals surface area contributed by atoms with Crippen LogP contribution in [0.2, 0.25) is 0 Å². The predicted molar refractivity (Wildman–Crippen MR) is 84.7 cm³/mol. The monoisotopic (exact) mass is 371 g/mol. The number of benzene rings is 1. The van der Waals surface area contributed by atoms with Gasteiger partial charge in [0.15, 0.2) is 0 Å². The van der Waals surface area contributed by atoms with Gasteiger partial charge < -0.3 is 5.32 Å². The Bertz CT molecular complexity index is 742. The van der Waals surface area contributed by atoms with Gasteiger partial charge in [-0.05, 0) is 47.9 Å².